The van der Waals surface area contributed by atoms with Gasteiger partial charge in [0.1, 0.15) is 11.9 Å². The van der Waals surface area contributed by atoms with Crippen molar-refractivity contribution in [2.75, 3.05) is 32.7 Å². The van der Waals surface area contributed by atoms with Crippen LogP contribution in [0.25, 0.3) is 10.9 Å². The van der Waals surface area contributed by atoms with Crippen molar-refractivity contribution in [2.24, 2.45) is 5.92 Å². The average Bonchev–Trinajstić information content (AvgIpc) is 3.51. The number of H-pyrrole nitrogens is 1. The highest BCUT2D eigenvalue weighted by Gasteiger charge is 2.46. The van der Waals surface area contributed by atoms with Crippen LogP contribution < -0.4 is 10.9 Å². The van der Waals surface area contributed by atoms with E-state index >= 15 is 0 Å². The summed E-state index contributed by atoms with van der Waals surface area (Å²) in [5.41, 5.74) is 5.19. The van der Waals surface area contributed by atoms with Gasteiger partial charge in [-0.1, -0.05) is 61.7 Å². The molecule has 3 aromatic carbocycles. The van der Waals surface area contributed by atoms with E-state index in [0.717, 1.165) is 99.7 Å². The molecule has 0 unspecified atom stereocenters. The lowest BCUT2D eigenvalue weighted by Crippen LogP contribution is -2.53. The van der Waals surface area contributed by atoms with Gasteiger partial charge in [0.2, 0.25) is 5.56 Å². The molecule has 54 heavy (non-hydrogen) atoms. The van der Waals surface area contributed by atoms with E-state index in [1.165, 1.54) is 24.1 Å². The molecule has 1 aromatic heterocycles. The maximum Gasteiger partial charge on any atom is 0.316 e. The van der Waals surface area contributed by atoms with Crippen LogP contribution in [0.3, 0.4) is 0 Å². The number of pyridine rings is 1. The largest absolute Gasteiger partial charge is 0.506 e. The van der Waals surface area contributed by atoms with Crippen LogP contribution in [0.5, 0.6) is 5.75 Å². The van der Waals surface area contributed by atoms with Crippen molar-refractivity contribution in [3.63, 3.8) is 0 Å². The number of aromatic nitrogens is 1. The number of rotatable bonds is 13. The number of carbonyl (C=O) groups is 2. The van der Waals surface area contributed by atoms with E-state index in [9.17, 15) is 24.6 Å². The average molecular weight is 733 g/mol. The van der Waals surface area contributed by atoms with Gasteiger partial charge in [0, 0.05) is 49.7 Å². The van der Waals surface area contributed by atoms with E-state index in [1.54, 1.807) is 12.1 Å². The van der Waals surface area contributed by atoms with Crippen LogP contribution in [0.1, 0.15) is 102 Å². The number of unbranched alkanes of at least 4 members (excludes halogenated alkanes) is 1. The van der Waals surface area contributed by atoms with Gasteiger partial charge in [-0.3, -0.25) is 19.3 Å². The Bertz CT molecular complexity index is 2060. The van der Waals surface area contributed by atoms with Gasteiger partial charge in [0.25, 0.3) is 5.91 Å². The number of phenols is 1. The molecule has 0 radical (unpaired) electrons. The Morgan fingerprint density at radius 3 is 2.59 bits per heavy atom. The number of phenolic OH excluding ortho intramolecular Hbond substituents is 1. The zero-order valence-electron chi connectivity index (χ0n) is 31.0. The number of ether oxygens (including phenoxy) is 1. The third-order valence-corrected chi connectivity index (χ3v) is 12.6. The van der Waals surface area contributed by atoms with Crippen LogP contribution in [0.4, 0.5) is 0 Å². The number of hydrogen-bond donors (Lipinski definition) is 4. The molecule has 4 fully saturated rings. The Kier molecular flexibility index (Phi) is 10.6. The number of carbonyl (C=O) groups excluding carboxylic acids is 2. The summed E-state index contributed by atoms with van der Waals surface area (Å²) in [7, 11) is 0. The second kappa shape index (κ2) is 15.7. The van der Waals surface area contributed by atoms with Crippen molar-refractivity contribution in [1.29, 1.82) is 0 Å². The monoisotopic (exact) mass is 732 g/mol. The highest BCUT2D eigenvalue weighted by Crippen LogP contribution is 2.42. The Morgan fingerprint density at radius 1 is 0.963 bits per heavy atom. The number of fused-ring (bicyclic) bond motifs is 5. The van der Waals surface area contributed by atoms with E-state index in [4.69, 9.17) is 4.74 Å². The molecule has 4 N–H and O–H groups in total. The molecule has 2 bridgehead atoms. The summed E-state index contributed by atoms with van der Waals surface area (Å²) in [6, 6.07) is 20.7. The molecule has 4 aromatic rings. The molecule has 5 aliphatic rings. The Hall–Kier alpha value is -4.51. The minimum absolute atomic E-state index is 0.0101. The molecule has 9 rings (SSSR count). The van der Waals surface area contributed by atoms with Gasteiger partial charge in [-0.05, 0) is 110 Å². The SMILES string of the molecule is O=C1c2ccc(CNC[C@H](O)c3ccc(O)c4[nH]c(=O)ccc34)cc2CN1CCCCc1cccc(C2(C(=O)O[C@H]3CN4CCC3CC4)CCCCC2)c1. The first-order valence-electron chi connectivity index (χ1n) is 19.9. The number of aromatic amines is 1. The normalized spacial score (nSPS) is 22.4. The minimum atomic E-state index is -0.849. The molecule has 284 valence electrons. The Balaban J connectivity index is 0.829. The molecule has 1 saturated carbocycles. The van der Waals surface area contributed by atoms with Crippen molar-refractivity contribution < 1.29 is 24.5 Å². The smallest absolute Gasteiger partial charge is 0.316 e. The summed E-state index contributed by atoms with van der Waals surface area (Å²) >= 11 is 0. The first-order chi connectivity index (χ1) is 26.3. The number of aryl methyl sites for hydroxylation is 1. The lowest BCUT2D eigenvalue weighted by atomic mass is 9.69. The summed E-state index contributed by atoms with van der Waals surface area (Å²) in [6.07, 6.45) is 9.16. The predicted molar refractivity (Wildman–Crippen MR) is 207 cm³/mol. The first kappa shape index (κ1) is 36.5. The lowest BCUT2D eigenvalue weighted by molar-refractivity contribution is -0.167. The number of amides is 1. The fourth-order valence-electron chi connectivity index (χ4n) is 9.45. The van der Waals surface area contributed by atoms with E-state index in [0.29, 0.717) is 42.0 Å². The molecule has 2 atom stereocenters. The highest BCUT2D eigenvalue weighted by molar-refractivity contribution is 5.98. The topological polar surface area (TPSA) is 135 Å². The zero-order valence-corrected chi connectivity index (χ0v) is 31.0. The van der Waals surface area contributed by atoms with Crippen LogP contribution in [0.15, 0.2) is 71.5 Å². The van der Waals surface area contributed by atoms with Crippen molar-refractivity contribution in [3.8, 4) is 5.75 Å². The molecule has 1 amide bonds. The molecule has 4 aliphatic heterocycles. The maximum atomic E-state index is 14.0. The van der Waals surface area contributed by atoms with Crippen LogP contribution >= 0.6 is 0 Å². The molecular formula is C44H52N4O6. The molecule has 5 heterocycles. The second-order valence-electron chi connectivity index (χ2n) is 16.0. The standard InChI is InChI=1S/C44H52N4O6/c49-37-14-12-35(36-13-15-40(51)46-41(36)37)38(50)26-45-25-30-10-11-34-32(23-30)27-48(42(34)52)20-5-2-7-29-8-6-9-33(24-29)44(18-3-1-4-19-44)43(53)54-39-28-47-21-16-31(39)17-22-47/h6,8-15,23-24,31,38-39,45,49-50H,1-5,7,16-22,25-28H2,(H,46,51)/t38-,39-/m0/s1. The summed E-state index contributed by atoms with van der Waals surface area (Å²) < 4.78 is 6.38. The van der Waals surface area contributed by atoms with Gasteiger partial charge in [-0.25, -0.2) is 0 Å². The molecule has 10 heteroatoms. The van der Waals surface area contributed by atoms with Gasteiger partial charge < -0.3 is 30.2 Å². The number of hydrogen-bond acceptors (Lipinski definition) is 8. The summed E-state index contributed by atoms with van der Waals surface area (Å²) in [5.74, 6) is 0.520. The van der Waals surface area contributed by atoms with Crippen molar-refractivity contribution >= 4 is 22.8 Å². The number of aliphatic hydroxyl groups is 1. The van der Waals surface area contributed by atoms with Gasteiger partial charge in [-0.15, -0.1) is 0 Å². The summed E-state index contributed by atoms with van der Waals surface area (Å²) in [4.78, 5) is 46.1. The lowest BCUT2D eigenvalue weighted by Gasteiger charge is -2.45. The van der Waals surface area contributed by atoms with Crippen molar-refractivity contribution in [3.05, 3.63) is 110 Å². The number of nitrogens with one attached hydrogen (secondary N) is 2. The van der Waals surface area contributed by atoms with Crippen molar-refractivity contribution in [1.82, 2.24) is 20.1 Å². The zero-order chi connectivity index (χ0) is 37.2. The van der Waals surface area contributed by atoms with E-state index in [1.807, 2.05) is 17.0 Å². The van der Waals surface area contributed by atoms with E-state index in [2.05, 4.69) is 45.5 Å². The van der Waals surface area contributed by atoms with Crippen LogP contribution in [0, 0.1) is 5.92 Å². The number of piperidine rings is 3. The van der Waals surface area contributed by atoms with Crippen LogP contribution in [-0.2, 0) is 34.5 Å². The molecule has 10 nitrogen and oxygen atoms in total. The second-order valence-corrected chi connectivity index (χ2v) is 16.0. The van der Waals surface area contributed by atoms with E-state index in [-0.39, 0.29) is 35.8 Å². The number of nitrogens with zero attached hydrogens (tertiary/aromatic N) is 2. The summed E-state index contributed by atoms with van der Waals surface area (Å²) in [6.45, 7) is 5.21. The third kappa shape index (κ3) is 7.44. The fraction of sp³-hybridized carbons (Fsp3) is 0.477. The van der Waals surface area contributed by atoms with E-state index < -0.39 is 11.5 Å². The predicted octanol–water partition coefficient (Wildman–Crippen LogP) is 5.87. The van der Waals surface area contributed by atoms with Gasteiger partial charge >= 0.3 is 5.97 Å². The molecule has 1 aliphatic carbocycles. The van der Waals surface area contributed by atoms with Crippen LogP contribution in [-0.4, -0.2) is 75.7 Å². The van der Waals surface area contributed by atoms with Gasteiger partial charge in [0.15, 0.2) is 0 Å². The number of aromatic hydroxyl groups is 1. The number of benzene rings is 3. The Morgan fingerprint density at radius 2 is 1.80 bits per heavy atom. The molecule has 3 saturated heterocycles. The molecule has 0 spiro atoms. The Labute approximate surface area is 316 Å². The highest BCUT2D eigenvalue weighted by atomic mass is 16.5. The molecular weight excluding hydrogens is 681 g/mol. The quantitative estimate of drug-likeness (QED) is 0.0991. The minimum Gasteiger partial charge on any atom is -0.506 e. The fourth-order valence-corrected chi connectivity index (χ4v) is 9.45. The van der Waals surface area contributed by atoms with Crippen molar-refractivity contribution in [2.45, 2.75) is 94.9 Å². The van der Waals surface area contributed by atoms with Crippen LogP contribution in [0.2, 0.25) is 0 Å². The first-order valence-corrected chi connectivity index (χ1v) is 19.9. The maximum absolute atomic E-state index is 14.0. The number of esters is 1. The number of aliphatic hydroxyl groups excluding tert-OH is 1. The third-order valence-electron chi connectivity index (χ3n) is 12.6. The summed E-state index contributed by atoms with van der Waals surface area (Å²) in [5, 5.41) is 25.0. The van der Waals surface area contributed by atoms with Gasteiger partial charge in [0.05, 0.1) is 17.0 Å². The van der Waals surface area contributed by atoms with Gasteiger partial charge in [-0.2, -0.15) is 0 Å².